The van der Waals surface area contributed by atoms with Crippen LogP contribution in [0.3, 0.4) is 0 Å². The number of aromatic nitrogens is 1. The van der Waals surface area contributed by atoms with Gasteiger partial charge in [-0.3, -0.25) is 0 Å². The van der Waals surface area contributed by atoms with Crippen molar-refractivity contribution in [2.75, 3.05) is 0 Å². The van der Waals surface area contributed by atoms with E-state index in [9.17, 15) is 9.90 Å². The number of aryl methyl sites for hydroxylation is 2. The summed E-state index contributed by atoms with van der Waals surface area (Å²) in [5, 5.41) is 10.9. The van der Waals surface area contributed by atoms with Gasteiger partial charge in [-0.1, -0.05) is 39.5 Å². The molecule has 0 N–H and O–H groups in total. The monoisotopic (exact) mass is 277 g/mol. The maximum atomic E-state index is 10.9. The standard InChI is InChI=1S/C17H27NO2/c1-3-5-6-7-8-9-12-18-13-10-11-15(4-2)16(18)14-17(19)20/h10-11,13H,3-9,12,14H2,1-2H3. The number of hydrogen-bond donors (Lipinski definition) is 0. The summed E-state index contributed by atoms with van der Waals surface area (Å²) in [7, 11) is 0. The molecule has 0 bridgehead atoms. The largest absolute Gasteiger partial charge is 0.550 e. The van der Waals surface area contributed by atoms with Crippen molar-refractivity contribution < 1.29 is 14.5 Å². The molecule has 0 radical (unpaired) electrons. The van der Waals surface area contributed by atoms with Crippen LogP contribution in [-0.4, -0.2) is 5.97 Å². The Kier molecular flexibility index (Phi) is 7.93. The Bertz CT molecular complexity index is 415. The number of hydrogen-bond acceptors (Lipinski definition) is 2. The summed E-state index contributed by atoms with van der Waals surface area (Å²) in [5.41, 5.74) is 2.02. The lowest BCUT2D eigenvalue weighted by molar-refractivity contribution is -0.704. The molecule has 0 amide bonds. The van der Waals surface area contributed by atoms with Crippen LogP contribution in [0.1, 0.15) is 63.6 Å². The Morgan fingerprint density at radius 3 is 2.50 bits per heavy atom. The third-order valence-electron chi connectivity index (χ3n) is 3.73. The van der Waals surface area contributed by atoms with Crippen LogP contribution in [0.25, 0.3) is 0 Å². The molecule has 3 nitrogen and oxygen atoms in total. The van der Waals surface area contributed by atoms with Crippen LogP contribution in [0, 0.1) is 0 Å². The number of rotatable bonds is 10. The molecule has 0 atom stereocenters. The van der Waals surface area contributed by atoms with Gasteiger partial charge < -0.3 is 9.90 Å². The molecule has 0 saturated carbocycles. The molecule has 0 aliphatic heterocycles. The van der Waals surface area contributed by atoms with Gasteiger partial charge >= 0.3 is 0 Å². The molecule has 1 aromatic rings. The molecule has 0 aromatic carbocycles. The van der Waals surface area contributed by atoms with E-state index in [-0.39, 0.29) is 6.42 Å². The van der Waals surface area contributed by atoms with Crippen LogP contribution >= 0.6 is 0 Å². The first-order chi connectivity index (χ1) is 9.69. The van der Waals surface area contributed by atoms with Crippen molar-refractivity contribution in [2.24, 2.45) is 0 Å². The SMILES string of the molecule is CCCCCCCC[n+]1cccc(CC)c1CC(=O)[O-]. The summed E-state index contributed by atoms with van der Waals surface area (Å²) in [5.74, 6) is -0.998. The quantitative estimate of drug-likeness (QED) is 0.486. The number of carbonyl (C=O) groups excluding carboxylic acids is 1. The zero-order chi connectivity index (χ0) is 14.8. The maximum Gasteiger partial charge on any atom is 0.190 e. The highest BCUT2D eigenvalue weighted by molar-refractivity contribution is 5.67. The van der Waals surface area contributed by atoms with Gasteiger partial charge in [-0.25, -0.2) is 4.57 Å². The number of carboxylic acid groups (broad SMARTS) is 1. The smallest absolute Gasteiger partial charge is 0.190 e. The van der Waals surface area contributed by atoms with Crippen LogP contribution in [0.2, 0.25) is 0 Å². The van der Waals surface area contributed by atoms with Gasteiger partial charge in [0.25, 0.3) is 0 Å². The highest BCUT2D eigenvalue weighted by Crippen LogP contribution is 2.08. The Morgan fingerprint density at radius 2 is 1.85 bits per heavy atom. The normalized spacial score (nSPS) is 10.7. The first-order valence-corrected chi connectivity index (χ1v) is 7.89. The number of pyridine rings is 1. The molecule has 20 heavy (non-hydrogen) atoms. The first-order valence-electron chi connectivity index (χ1n) is 7.89. The highest BCUT2D eigenvalue weighted by Gasteiger charge is 2.14. The fraction of sp³-hybridized carbons (Fsp3) is 0.647. The van der Waals surface area contributed by atoms with E-state index in [1.807, 2.05) is 18.3 Å². The van der Waals surface area contributed by atoms with E-state index < -0.39 is 5.97 Å². The number of unbranched alkanes of at least 4 members (excludes halogenated alkanes) is 5. The van der Waals surface area contributed by atoms with Crippen molar-refractivity contribution in [2.45, 2.75) is 71.8 Å². The fourth-order valence-corrected chi connectivity index (χ4v) is 2.58. The Labute approximate surface area is 122 Å². The minimum absolute atomic E-state index is 0.0137. The molecule has 112 valence electrons. The van der Waals surface area contributed by atoms with Gasteiger partial charge in [0, 0.05) is 18.1 Å². The van der Waals surface area contributed by atoms with Crippen LogP contribution in [0.4, 0.5) is 0 Å². The van der Waals surface area contributed by atoms with E-state index >= 15 is 0 Å². The van der Waals surface area contributed by atoms with Crippen molar-refractivity contribution in [3.8, 4) is 0 Å². The zero-order valence-corrected chi connectivity index (χ0v) is 12.9. The van der Waals surface area contributed by atoms with Crippen LogP contribution < -0.4 is 9.67 Å². The average Bonchev–Trinajstić information content (AvgIpc) is 2.43. The number of carboxylic acids is 1. The lowest BCUT2D eigenvalue weighted by Crippen LogP contribution is -2.42. The second-order valence-corrected chi connectivity index (χ2v) is 5.34. The second-order valence-electron chi connectivity index (χ2n) is 5.34. The van der Waals surface area contributed by atoms with Gasteiger partial charge in [0.05, 0.1) is 12.4 Å². The maximum absolute atomic E-state index is 10.9. The van der Waals surface area contributed by atoms with E-state index in [0.29, 0.717) is 0 Å². The predicted octanol–water partition coefficient (Wildman–Crippen LogP) is 2.19. The Morgan fingerprint density at radius 1 is 1.15 bits per heavy atom. The third kappa shape index (κ3) is 5.72. The van der Waals surface area contributed by atoms with E-state index in [0.717, 1.165) is 30.6 Å². The van der Waals surface area contributed by atoms with Crippen molar-refractivity contribution in [1.82, 2.24) is 0 Å². The van der Waals surface area contributed by atoms with Crippen LogP contribution in [-0.2, 0) is 24.2 Å². The topological polar surface area (TPSA) is 44.0 Å². The molecule has 1 aromatic heterocycles. The fourth-order valence-electron chi connectivity index (χ4n) is 2.58. The molecule has 0 spiro atoms. The van der Waals surface area contributed by atoms with Crippen molar-refractivity contribution in [3.63, 3.8) is 0 Å². The summed E-state index contributed by atoms with van der Waals surface area (Å²) in [6.07, 6.45) is 10.4. The zero-order valence-electron chi connectivity index (χ0n) is 12.9. The third-order valence-corrected chi connectivity index (χ3v) is 3.73. The number of nitrogens with zero attached hydrogens (tertiary/aromatic N) is 1. The van der Waals surface area contributed by atoms with Gasteiger partial charge in [-0.2, -0.15) is 0 Å². The molecular formula is C17H27NO2. The number of carbonyl (C=O) groups is 1. The molecule has 1 heterocycles. The summed E-state index contributed by atoms with van der Waals surface area (Å²) >= 11 is 0. The second kappa shape index (κ2) is 9.51. The predicted molar refractivity (Wildman–Crippen MR) is 78.1 cm³/mol. The first kappa shape index (κ1) is 16.7. The summed E-state index contributed by atoms with van der Waals surface area (Å²) in [4.78, 5) is 10.9. The minimum atomic E-state index is -0.998. The van der Waals surface area contributed by atoms with Crippen LogP contribution in [0.5, 0.6) is 0 Å². The lowest BCUT2D eigenvalue weighted by atomic mass is 10.1. The number of aliphatic carboxylic acids is 1. The van der Waals surface area contributed by atoms with E-state index in [1.165, 1.54) is 32.1 Å². The van der Waals surface area contributed by atoms with Crippen molar-refractivity contribution in [1.29, 1.82) is 0 Å². The van der Waals surface area contributed by atoms with E-state index in [2.05, 4.69) is 18.4 Å². The van der Waals surface area contributed by atoms with Gasteiger partial charge in [-0.15, -0.1) is 0 Å². The minimum Gasteiger partial charge on any atom is -0.550 e. The van der Waals surface area contributed by atoms with Crippen molar-refractivity contribution >= 4 is 5.97 Å². The highest BCUT2D eigenvalue weighted by atomic mass is 16.4. The summed E-state index contributed by atoms with van der Waals surface area (Å²) in [6, 6.07) is 4.02. The van der Waals surface area contributed by atoms with Gasteiger partial charge in [-0.05, 0) is 18.9 Å². The molecule has 1 rings (SSSR count). The Hall–Kier alpha value is -1.38. The average molecular weight is 277 g/mol. The van der Waals surface area contributed by atoms with Gasteiger partial charge in [0.15, 0.2) is 11.9 Å². The van der Waals surface area contributed by atoms with Crippen LogP contribution in [0.15, 0.2) is 18.3 Å². The molecule has 0 saturated heterocycles. The Balaban J connectivity index is 2.57. The van der Waals surface area contributed by atoms with E-state index in [1.54, 1.807) is 0 Å². The molecule has 3 heteroatoms. The molecule has 0 aliphatic carbocycles. The van der Waals surface area contributed by atoms with Gasteiger partial charge in [0.2, 0.25) is 0 Å². The molecule has 0 fully saturated rings. The summed E-state index contributed by atoms with van der Waals surface area (Å²) < 4.78 is 2.09. The lowest BCUT2D eigenvalue weighted by Gasteiger charge is -2.09. The molecular weight excluding hydrogens is 250 g/mol. The summed E-state index contributed by atoms with van der Waals surface area (Å²) in [6.45, 7) is 5.18. The molecule has 0 aliphatic rings. The molecule has 0 unspecified atom stereocenters. The van der Waals surface area contributed by atoms with Crippen molar-refractivity contribution in [3.05, 3.63) is 29.6 Å². The van der Waals surface area contributed by atoms with Gasteiger partial charge in [0.1, 0.15) is 6.54 Å². The van der Waals surface area contributed by atoms with E-state index in [4.69, 9.17) is 0 Å².